The number of ketones is 2. The Balaban J connectivity index is 2.29. The lowest BCUT2D eigenvalue weighted by molar-refractivity contribution is -0.141. The Morgan fingerprint density at radius 2 is 0.980 bits per heavy atom. The van der Waals surface area contributed by atoms with Gasteiger partial charge in [-0.1, -0.05) is 89.0 Å². The van der Waals surface area contributed by atoms with Crippen LogP contribution in [-0.2, 0) is 24.7 Å². The number of fused-ring (bicyclic) bond motifs is 3. The summed E-state index contributed by atoms with van der Waals surface area (Å²) in [5.74, 6) is -1.59. The summed E-state index contributed by atoms with van der Waals surface area (Å²) in [6.07, 6.45) is 12.7. The smallest absolute Gasteiger partial charge is 0.318 e. The van der Waals surface area contributed by atoms with Gasteiger partial charge in [-0.25, -0.2) is 9.59 Å². The Labute approximate surface area is 308 Å². The molecule has 0 unspecified atom stereocenters. The van der Waals surface area contributed by atoms with E-state index < -0.39 is 17.4 Å². The minimum Gasteiger partial charge on any atom is -0.318 e. The molecule has 0 radical (unpaired) electrons. The number of unbranched alkanes of at least 4 members (excludes halogenated alkanes) is 2. The number of benzene rings is 2. The van der Waals surface area contributed by atoms with Crippen LogP contribution in [0.1, 0.15) is 139 Å². The quantitative estimate of drug-likeness (QED) is 0.0391. The van der Waals surface area contributed by atoms with Crippen molar-refractivity contribution in [2.75, 3.05) is 37.0 Å². The highest BCUT2D eigenvalue weighted by atomic mass is 31.1. The SMILES string of the molecule is CCCC/C(=N\OC(C)=O)C(=O)c1ccc2c(c1)C(CCP(CC)CC)(CCP(CC)CC)c1cc(C(=O)/C(CCCC)=N/OC(C)=O)ccc1-2. The third-order valence-electron chi connectivity index (χ3n) is 10.0. The van der Waals surface area contributed by atoms with Crippen molar-refractivity contribution in [1.29, 1.82) is 0 Å². The van der Waals surface area contributed by atoms with E-state index in [1.54, 1.807) is 0 Å². The van der Waals surface area contributed by atoms with Crippen LogP contribution in [0.5, 0.6) is 0 Å². The zero-order valence-corrected chi connectivity index (χ0v) is 33.9. The van der Waals surface area contributed by atoms with Crippen molar-refractivity contribution < 1.29 is 28.9 Å². The van der Waals surface area contributed by atoms with Gasteiger partial charge in [-0.2, -0.15) is 0 Å². The number of oxime groups is 2. The Morgan fingerprint density at radius 3 is 1.29 bits per heavy atom. The zero-order chi connectivity index (χ0) is 37.6. The summed E-state index contributed by atoms with van der Waals surface area (Å²) in [5, 5.41) is 8.01. The van der Waals surface area contributed by atoms with Crippen LogP contribution in [0.25, 0.3) is 11.1 Å². The molecule has 0 spiro atoms. The topological polar surface area (TPSA) is 111 Å². The van der Waals surface area contributed by atoms with Crippen LogP contribution in [0.3, 0.4) is 0 Å². The molecule has 0 bridgehead atoms. The first-order chi connectivity index (χ1) is 24.5. The Morgan fingerprint density at radius 1 is 0.608 bits per heavy atom. The summed E-state index contributed by atoms with van der Waals surface area (Å²) in [5.41, 5.74) is 5.56. The number of rotatable bonds is 22. The molecule has 278 valence electrons. The van der Waals surface area contributed by atoms with Gasteiger partial charge in [0.05, 0.1) is 0 Å². The van der Waals surface area contributed by atoms with E-state index in [-0.39, 0.29) is 38.8 Å². The maximum Gasteiger partial charge on any atom is 0.331 e. The van der Waals surface area contributed by atoms with Crippen LogP contribution in [-0.4, -0.2) is 71.9 Å². The first-order valence-corrected chi connectivity index (χ1v) is 22.6. The fourth-order valence-electron chi connectivity index (χ4n) is 6.88. The van der Waals surface area contributed by atoms with E-state index in [0.717, 1.165) is 97.8 Å². The molecule has 0 N–H and O–H groups in total. The molecule has 0 amide bonds. The summed E-state index contributed by atoms with van der Waals surface area (Å²) in [4.78, 5) is 61.4. The minimum absolute atomic E-state index is 0.177. The highest BCUT2D eigenvalue weighted by Crippen LogP contribution is 2.56. The third-order valence-corrected chi connectivity index (χ3v) is 15.3. The molecular weight excluding hydrogens is 678 g/mol. The van der Waals surface area contributed by atoms with Gasteiger partial charge < -0.3 is 9.68 Å². The average Bonchev–Trinajstić information content (AvgIpc) is 3.40. The zero-order valence-electron chi connectivity index (χ0n) is 32.1. The van der Waals surface area contributed by atoms with Crippen molar-refractivity contribution >= 4 is 50.8 Å². The Kier molecular flexibility index (Phi) is 17.3. The molecule has 2 aromatic rings. The van der Waals surface area contributed by atoms with Gasteiger partial charge in [-0.3, -0.25) is 9.59 Å². The molecule has 0 saturated heterocycles. The molecule has 3 rings (SSSR count). The highest BCUT2D eigenvalue weighted by Gasteiger charge is 2.44. The lowest BCUT2D eigenvalue weighted by atomic mass is 9.73. The lowest BCUT2D eigenvalue weighted by Crippen LogP contribution is -2.29. The van der Waals surface area contributed by atoms with E-state index in [4.69, 9.17) is 9.68 Å². The lowest BCUT2D eigenvalue weighted by Gasteiger charge is -2.35. The van der Waals surface area contributed by atoms with Gasteiger partial charge in [0.25, 0.3) is 0 Å². The predicted octanol–water partition coefficient (Wildman–Crippen LogP) is 10.4. The van der Waals surface area contributed by atoms with Crippen LogP contribution < -0.4 is 0 Å². The molecule has 51 heavy (non-hydrogen) atoms. The Hall–Kier alpha value is -3.08. The summed E-state index contributed by atoms with van der Waals surface area (Å²) >= 11 is 0. The summed E-state index contributed by atoms with van der Waals surface area (Å²) in [7, 11) is -0.354. The van der Waals surface area contributed by atoms with E-state index in [2.05, 4.69) is 50.1 Å². The van der Waals surface area contributed by atoms with Gasteiger partial charge in [0.2, 0.25) is 11.6 Å². The third kappa shape index (κ3) is 11.0. The highest BCUT2D eigenvalue weighted by molar-refractivity contribution is 7.57. The van der Waals surface area contributed by atoms with Crippen molar-refractivity contribution in [2.24, 2.45) is 10.3 Å². The number of Topliss-reactive ketones (excluding diaryl/α,β-unsaturated/α-hetero) is 2. The van der Waals surface area contributed by atoms with Crippen molar-refractivity contribution in [3.63, 3.8) is 0 Å². The van der Waals surface area contributed by atoms with Crippen molar-refractivity contribution in [3.8, 4) is 11.1 Å². The molecule has 0 atom stereocenters. The number of carbonyl (C=O) groups excluding carboxylic acids is 4. The van der Waals surface area contributed by atoms with Crippen molar-refractivity contribution in [1.82, 2.24) is 0 Å². The second kappa shape index (κ2) is 20.8. The fourth-order valence-corrected chi connectivity index (χ4v) is 10.4. The predicted molar refractivity (Wildman–Crippen MR) is 214 cm³/mol. The normalized spacial score (nSPS) is 13.7. The van der Waals surface area contributed by atoms with Crippen molar-refractivity contribution in [2.45, 2.75) is 112 Å². The first kappa shape index (κ1) is 42.3. The molecule has 0 saturated carbocycles. The number of hydrogen-bond donors (Lipinski definition) is 0. The summed E-state index contributed by atoms with van der Waals surface area (Å²) in [6, 6.07) is 11.9. The number of nitrogens with zero attached hydrogens (tertiary/aromatic N) is 2. The van der Waals surface area contributed by atoms with E-state index in [9.17, 15) is 19.2 Å². The number of hydrogen-bond acceptors (Lipinski definition) is 8. The van der Waals surface area contributed by atoms with Crippen LogP contribution in [0, 0.1) is 0 Å². The molecular formula is C41H58N2O6P2. The Bertz CT molecular complexity index is 1470. The van der Waals surface area contributed by atoms with Crippen molar-refractivity contribution in [3.05, 3.63) is 58.7 Å². The van der Waals surface area contributed by atoms with E-state index >= 15 is 0 Å². The standard InChI is InChI=1S/C41H58N2O6P2/c1-9-15-17-37(42-48-29(7)44)39(46)31-19-21-33-34-22-20-32(40(47)38(18-16-10-2)43-49-30(8)45)28-36(34)41(35(33)27-31,23-25-50(11-3)12-4)24-26-51(13-5)14-6/h19-22,27-28H,9-18,23-26H2,1-8H3/b42-37+,43-38+. The largest absolute Gasteiger partial charge is 0.331 e. The fraction of sp³-hybridized carbons (Fsp3) is 0.561. The maximum absolute atomic E-state index is 14.1. The molecule has 2 aromatic carbocycles. The van der Waals surface area contributed by atoms with Crippen LogP contribution >= 0.6 is 15.8 Å². The molecule has 0 aliphatic heterocycles. The van der Waals surface area contributed by atoms with Gasteiger partial charge in [0.1, 0.15) is 11.4 Å². The van der Waals surface area contributed by atoms with Crippen LogP contribution in [0.2, 0.25) is 0 Å². The molecule has 0 heterocycles. The van der Waals surface area contributed by atoms with Gasteiger partial charge >= 0.3 is 11.9 Å². The monoisotopic (exact) mass is 736 g/mol. The molecule has 0 fully saturated rings. The van der Waals surface area contributed by atoms with E-state index in [1.165, 1.54) is 13.8 Å². The second-order valence-corrected chi connectivity index (χ2v) is 19.4. The molecule has 1 aliphatic rings. The van der Waals surface area contributed by atoms with E-state index in [0.29, 0.717) is 24.0 Å². The molecule has 10 heteroatoms. The minimum atomic E-state index is -0.562. The summed E-state index contributed by atoms with van der Waals surface area (Å²) < 4.78 is 0. The molecule has 0 aromatic heterocycles. The molecule has 1 aliphatic carbocycles. The maximum atomic E-state index is 14.1. The first-order valence-electron chi connectivity index (χ1n) is 18.8. The molecule has 8 nitrogen and oxygen atoms in total. The van der Waals surface area contributed by atoms with Gasteiger partial charge in [-0.05, 0) is 110 Å². The van der Waals surface area contributed by atoms with Crippen LogP contribution in [0.15, 0.2) is 46.7 Å². The second-order valence-electron chi connectivity index (χ2n) is 13.3. The van der Waals surface area contributed by atoms with Crippen LogP contribution in [0.4, 0.5) is 0 Å². The van der Waals surface area contributed by atoms with Gasteiger partial charge in [0, 0.05) is 30.4 Å². The van der Waals surface area contributed by atoms with Gasteiger partial charge in [-0.15, -0.1) is 15.8 Å². The average molecular weight is 737 g/mol. The van der Waals surface area contributed by atoms with Gasteiger partial charge in [0.15, 0.2) is 0 Å². The van der Waals surface area contributed by atoms with E-state index in [1.807, 2.05) is 38.1 Å². The number of carbonyl (C=O) groups is 4. The summed E-state index contributed by atoms with van der Waals surface area (Å²) in [6.45, 7) is 15.8.